The van der Waals surface area contributed by atoms with Gasteiger partial charge in [0.1, 0.15) is 0 Å². The third-order valence-corrected chi connectivity index (χ3v) is 2.47. The maximum Gasteiger partial charge on any atom is 0.320 e. The minimum atomic E-state index is -0.899. The van der Waals surface area contributed by atoms with Gasteiger partial charge in [-0.15, -0.1) is 0 Å². The zero-order valence-corrected chi connectivity index (χ0v) is 12.6. The molecule has 20 heavy (non-hydrogen) atoms. The van der Waals surface area contributed by atoms with Gasteiger partial charge in [-0.05, 0) is 32.8 Å². The number of carbonyl (C=O) groups is 2. The summed E-state index contributed by atoms with van der Waals surface area (Å²) in [5.74, 6) is 3.89. The molecule has 0 radical (unpaired) electrons. The van der Waals surface area contributed by atoms with Gasteiger partial charge in [-0.25, -0.2) is 0 Å². The normalized spacial score (nSPS) is 10.2. The lowest BCUT2D eigenvalue weighted by molar-refractivity contribution is -0.161. The van der Waals surface area contributed by atoms with Crippen LogP contribution in [0.25, 0.3) is 0 Å². The molecule has 0 aromatic heterocycles. The van der Waals surface area contributed by atoms with Crippen molar-refractivity contribution in [3.05, 3.63) is 12.2 Å². The molecule has 0 aromatic rings. The molecule has 0 fully saturated rings. The summed E-state index contributed by atoms with van der Waals surface area (Å²) in [6.07, 6.45) is 6.68. The minimum Gasteiger partial charge on any atom is -0.465 e. The molecule has 112 valence electrons. The zero-order valence-electron chi connectivity index (χ0n) is 12.6. The maximum absolute atomic E-state index is 11.7. The third-order valence-electron chi connectivity index (χ3n) is 2.47. The number of hydrogen-bond acceptors (Lipinski definition) is 4. The van der Waals surface area contributed by atoms with Crippen molar-refractivity contribution in [1.82, 2.24) is 0 Å². The Morgan fingerprint density at radius 3 is 2.20 bits per heavy atom. The van der Waals surface area contributed by atoms with Crippen LogP contribution in [0.15, 0.2) is 12.2 Å². The lowest BCUT2D eigenvalue weighted by Crippen LogP contribution is -2.27. The molecule has 0 amide bonds. The highest BCUT2D eigenvalue weighted by molar-refractivity contribution is 5.95. The summed E-state index contributed by atoms with van der Waals surface area (Å²) in [7, 11) is 0. The van der Waals surface area contributed by atoms with Gasteiger partial charge in [0.25, 0.3) is 0 Å². The molecule has 0 aliphatic heterocycles. The van der Waals surface area contributed by atoms with Crippen molar-refractivity contribution >= 4 is 11.9 Å². The average molecular weight is 280 g/mol. The van der Waals surface area contributed by atoms with Crippen molar-refractivity contribution in [2.24, 2.45) is 5.92 Å². The van der Waals surface area contributed by atoms with Crippen molar-refractivity contribution in [1.29, 1.82) is 0 Å². The molecule has 0 unspecified atom stereocenters. The number of allylic oxidation sites excluding steroid dienone is 2. The van der Waals surface area contributed by atoms with Gasteiger partial charge in [-0.2, -0.15) is 0 Å². The van der Waals surface area contributed by atoms with E-state index in [4.69, 9.17) is 9.47 Å². The molecular formula is C16H24O4. The van der Waals surface area contributed by atoms with Crippen LogP contribution in [0.4, 0.5) is 0 Å². The van der Waals surface area contributed by atoms with Crippen LogP contribution >= 0.6 is 0 Å². The number of ether oxygens (including phenoxy) is 2. The van der Waals surface area contributed by atoms with Gasteiger partial charge in [-0.3, -0.25) is 9.59 Å². The average Bonchev–Trinajstić information content (AvgIpc) is 2.42. The van der Waals surface area contributed by atoms with Crippen LogP contribution < -0.4 is 0 Å². The van der Waals surface area contributed by atoms with Gasteiger partial charge in [0.2, 0.25) is 0 Å². The Kier molecular flexibility index (Phi) is 11.2. The molecular weight excluding hydrogens is 256 g/mol. The molecule has 4 nitrogen and oxygen atoms in total. The summed E-state index contributed by atoms with van der Waals surface area (Å²) < 4.78 is 9.74. The Balaban J connectivity index is 4.41. The van der Waals surface area contributed by atoms with Gasteiger partial charge in [0.05, 0.1) is 13.2 Å². The van der Waals surface area contributed by atoms with Crippen LogP contribution in [0.1, 0.15) is 46.5 Å². The standard InChI is InChI=1S/C16H24O4/c1-4-7-8-9-10-11-12-13-14(15(17)19-5-2)16(18)20-6-3/h11-12,14H,4-8,13H2,1-3H3/b12-11-. The molecule has 0 spiro atoms. The predicted molar refractivity (Wildman–Crippen MR) is 77.8 cm³/mol. The fraction of sp³-hybridized carbons (Fsp3) is 0.625. The Morgan fingerprint density at radius 1 is 1.10 bits per heavy atom. The first-order chi connectivity index (χ1) is 9.67. The Labute approximate surface area is 121 Å². The summed E-state index contributed by atoms with van der Waals surface area (Å²) in [6.45, 7) is 6.01. The van der Waals surface area contributed by atoms with Gasteiger partial charge < -0.3 is 9.47 Å². The maximum atomic E-state index is 11.7. The van der Waals surface area contributed by atoms with E-state index in [0.717, 1.165) is 19.3 Å². The van der Waals surface area contributed by atoms with Crippen molar-refractivity contribution < 1.29 is 19.1 Å². The van der Waals surface area contributed by atoms with Crippen LogP contribution in [0, 0.1) is 17.8 Å². The van der Waals surface area contributed by atoms with Crippen LogP contribution in [-0.2, 0) is 19.1 Å². The van der Waals surface area contributed by atoms with Gasteiger partial charge in [0, 0.05) is 6.42 Å². The van der Waals surface area contributed by atoms with Crippen LogP contribution in [-0.4, -0.2) is 25.2 Å². The Morgan fingerprint density at radius 2 is 1.70 bits per heavy atom. The number of esters is 2. The molecule has 0 saturated heterocycles. The lowest BCUT2D eigenvalue weighted by atomic mass is 10.1. The van der Waals surface area contributed by atoms with E-state index in [1.54, 1.807) is 26.0 Å². The predicted octanol–water partition coefficient (Wildman–Crippen LogP) is 2.87. The minimum absolute atomic E-state index is 0.245. The number of carbonyl (C=O) groups excluding carboxylic acids is 2. The van der Waals surface area contributed by atoms with Gasteiger partial charge in [0.15, 0.2) is 5.92 Å². The number of rotatable bonds is 8. The highest BCUT2D eigenvalue weighted by atomic mass is 16.6. The molecule has 0 aliphatic carbocycles. The first kappa shape index (κ1) is 18.2. The van der Waals surface area contributed by atoms with E-state index in [2.05, 4.69) is 18.8 Å². The van der Waals surface area contributed by atoms with Crippen molar-refractivity contribution in [2.75, 3.05) is 13.2 Å². The third kappa shape index (κ3) is 8.36. The van der Waals surface area contributed by atoms with E-state index in [1.165, 1.54) is 0 Å². The van der Waals surface area contributed by atoms with Crippen LogP contribution in [0.2, 0.25) is 0 Å². The molecule has 0 saturated carbocycles. The fourth-order valence-electron chi connectivity index (χ4n) is 1.43. The smallest absolute Gasteiger partial charge is 0.320 e. The van der Waals surface area contributed by atoms with Crippen molar-refractivity contribution in [2.45, 2.75) is 46.5 Å². The molecule has 0 N–H and O–H groups in total. The van der Waals surface area contributed by atoms with Crippen molar-refractivity contribution in [3.63, 3.8) is 0 Å². The molecule has 0 aromatic carbocycles. The monoisotopic (exact) mass is 280 g/mol. The molecule has 0 aliphatic rings. The summed E-state index contributed by atoms with van der Waals surface area (Å²) in [4.78, 5) is 23.3. The van der Waals surface area contributed by atoms with E-state index >= 15 is 0 Å². The topological polar surface area (TPSA) is 52.6 Å². The molecule has 0 rings (SSSR count). The summed E-state index contributed by atoms with van der Waals surface area (Å²) in [6, 6.07) is 0. The Hall–Kier alpha value is -1.76. The largest absolute Gasteiger partial charge is 0.465 e. The fourth-order valence-corrected chi connectivity index (χ4v) is 1.43. The molecule has 4 heteroatoms. The highest BCUT2D eigenvalue weighted by Crippen LogP contribution is 2.10. The second kappa shape index (κ2) is 12.3. The second-order valence-corrected chi connectivity index (χ2v) is 4.12. The molecule has 0 bridgehead atoms. The number of hydrogen-bond donors (Lipinski definition) is 0. The molecule has 0 heterocycles. The van der Waals surface area contributed by atoms with Crippen LogP contribution in [0.3, 0.4) is 0 Å². The van der Waals surface area contributed by atoms with E-state index in [-0.39, 0.29) is 19.6 Å². The van der Waals surface area contributed by atoms with E-state index in [9.17, 15) is 9.59 Å². The van der Waals surface area contributed by atoms with E-state index in [1.807, 2.05) is 0 Å². The summed E-state index contributed by atoms with van der Waals surface area (Å²) in [5, 5.41) is 0. The molecule has 0 atom stereocenters. The number of unbranched alkanes of at least 4 members (excludes halogenated alkanes) is 2. The van der Waals surface area contributed by atoms with E-state index < -0.39 is 17.9 Å². The highest BCUT2D eigenvalue weighted by Gasteiger charge is 2.27. The quantitative estimate of drug-likeness (QED) is 0.297. The lowest BCUT2D eigenvalue weighted by Gasteiger charge is -2.12. The van der Waals surface area contributed by atoms with Crippen molar-refractivity contribution in [3.8, 4) is 11.8 Å². The summed E-state index contributed by atoms with van der Waals surface area (Å²) in [5.41, 5.74) is 0. The van der Waals surface area contributed by atoms with Crippen LogP contribution in [0.5, 0.6) is 0 Å². The van der Waals surface area contributed by atoms with Gasteiger partial charge >= 0.3 is 11.9 Å². The zero-order chi connectivity index (χ0) is 15.2. The second-order valence-electron chi connectivity index (χ2n) is 4.12. The SMILES string of the molecule is CCCCC#C/C=C\CC(C(=O)OCC)C(=O)OCC. The van der Waals surface area contributed by atoms with Gasteiger partial charge in [-0.1, -0.05) is 31.3 Å². The Bertz CT molecular complexity index is 356. The summed E-state index contributed by atoms with van der Waals surface area (Å²) >= 11 is 0. The van der Waals surface area contributed by atoms with E-state index in [0.29, 0.717) is 0 Å². The first-order valence-electron chi connectivity index (χ1n) is 7.13. The first-order valence-corrected chi connectivity index (χ1v) is 7.13.